The molecule has 0 spiro atoms. The summed E-state index contributed by atoms with van der Waals surface area (Å²) < 4.78 is 16.1. The fraction of sp³-hybridized carbons (Fsp3) is 0.250. The van der Waals surface area contributed by atoms with E-state index in [1.807, 2.05) is 13.0 Å². The number of amides is 1. The first-order chi connectivity index (χ1) is 13.4. The number of hydrogen-bond donors (Lipinski definition) is 1. The number of rotatable bonds is 7. The van der Waals surface area contributed by atoms with Crippen molar-refractivity contribution in [2.24, 2.45) is 0 Å². The van der Waals surface area contributed by atoms with Gasteiger partial charge in [-0.2, -0.15) is 0 Å². The van der Waals surface area contributed by atoms with Gasteiger partial charge in [-0.25, -0.2) is 0 Å². The second-order valence-corrected chi connectivity index (χ2v) is 6.21. The van der Waals surface area contributed by atoms with Crippen molar-refractivity contribution in [3.05, 3.63) is 47.5 Å². The largest absolute Gasteiger partial charge is 0.493 e. The molecule has 1 aliphatic rings. The van der Waals surface area contributed by atoms with Gasteiger partial charge in [0.2, 0.25) is 0 Å². The Balaban J connectivity index is 1.79. The number of methoxy groups -OCH3 is 1. The highest BCUT2D eigenvalue weighted by atomic mass is 16.5. The molecule has 1 amide bonds. The minimum Gasteiger partial charge on any atom is -0.493 e. The smallest absolute Gasteiger partial charge is 0.323 e. The fourth-order valence-electron chi connectivity index (χ4n) is 2.80. The molecule has 0 fully saturated rings. The Labute approximate surface area is 161 Å². The Morgan fingerprint density at radius 1 is 1.18 bits per heavy atom. The molecule has 3 rings (SSSR count). The number of ketones is 1. The first-order valence-electron chi connectivity index (χ1n) is 8.48. The number of aliphatic carboxylic acids is 1. The number of hydrogen-bond acceptors (Lipinski definition) is 6. The highest BCUT2D eigenvalue weighted by molar-refractivity contribution is 6.04. The predicted octanol–water partition coefficient (Wildman–Crippen LogP) is 2.08. The van der Waals surface area contributed by atoms with Crippen molar-refractivity contribution >= 4 is 23.3 Å². The van der Waals surface area contributed by atoms with E-state index in [0.717, 1.165) is 10.5 Å². The average molecular weight is 385 g/mol. The third-order valence-electron chi connectivity index (χ3n) is 4.20. The van der Waals surface area contributed by atoms with Crippen molar-refractivity contribution in [2.45, 2.75) is 6.92 Å². The van der Waals surface area contributed by atoms with Gasteiger partial charge in [0.1, 0.15) is 12.3 Å². The number of anilines is 1. The van der Waals surface area contributed by atoms with Gasteiger partial charge in [0, 0.05) is 5.56 Å². The standard InChI is InChI=1S/C20H19NO7/c1-12-3-5-17(18(7-12)26-2)27-10-15(22)13-4-6-16-14(8-13)21(9-20(24)25)19(23)11-28-16/h3-8H,9-11H2,1-2H3,(H,24,25). The number of carboxylic acids is 1. The highest BCUT2D eigenvalue weighted by Gasteiger charge is 2.28. The second-order valence-electron chi connectivity index (χ2n) is 6.21. The van der Waals surface area contributed by atoms with Crippen molar-refractivity contribution < 1.29 is 33.7 Å². The molecule has 8 nitrogen and oxygen atoms in total. The third-order valence-corrected chi connectivity index (χ3v) is 4.20. The van der Waals surface area contributed by atoms with Crippen LogP contribution in [0.25, 0.3) is 0 Å². The minimum absolute atomic E-state index is 0.244. The van der Waals surface area contributed by atoms with Gasteiger partial charge in [0.15, 0.2) is 30.5 Å². The minimum atomic E-state index is -1.16. The zero-order valence-electron chi connectivity index (χ0n) is 15.4. The number of Topliss-reactive ketones (excluding diaryl/α,β-unsaturated/α-hetero) is 1. The Hall–Kier alpha value is -3.55. The Morgan fingerprint density at radius 2 is 1.96 bits per heavy atom. The average Bonchev–Trinajstić information content (AvgIpc) is 2.68. The van der Waals surface area contributed by atoms with E-state index in [1.165, 1.54) is 19.2 Å². The van der Waals surface area contributed by atoms with Crippen molar-refractivity contribution in [3.8, 4) is 17.2 Å². The summed E-state index contributed by atoms with van der Waals surface area (Å²) in [6.07, 6.45) is 0. The van der Waals surface area contributed by atoms with Crippen LogP contribution in [0.1, 0.15) is 15.9 Å². The van der Waals surface area contributed by atoms with Crippen molar-refractivity contribution in [1.29, 1.82) is 0 Å². The summed E-state index contributed by atoms with van der Waals surface area (Å²) >= 11 is 0. The number of benzene rings is 2. The van der Waals surface area contributed by atoms with Crippen LogP contribution in [0.3, 0.4) is 0 Å². The molecule has 0 radical (unpaired) electrons. The monoisotopic (exact) mass is 385 g/mol. The molecule has 2 aromatic rings. The van der Waals surface area contributed by atoms with E-state index >= 15 is 0 Å². The van der Waals surface area contributed by atoms with Crippen LogP contribution in [0.2, 0.25) is 0 Å². The maximum Gasteiger partial charge on any atom is 0.323 e. The molecule has 0 unspecified atom stereocenters. The van der Waals surface area contributed by atoms with Gasteiger partial charge in [-0.15, -0.1) is 0 Å². The molecule has 8 heteroatoms. The molecule has 28 heavy (non-hydrogen) atoms. The molecule has 1 N–H and O–H groups in total. The molecule has 0 saturated carbocycles. The quantitative estimate of drug-likeness (QED) is 0.728. The summed E-state index contributed by atoms with van der Waals surface area (Å²) in [5, 5.41) is 9.03. The Morgan fingerprint density at radius 3 is 2.68 bits per heavy atom. The van der Waals surface area contributed by atoms with Crippen molar-refractivity contribution in [3.63, 3.8) is 0 Å². The fourth-order valence-corrected chi connectivity index (χ4v) is 2.80. The summed E-state index contributed by atoms with van der Waals surface area (Å²) in [6, 6.07) is 9.88. The molecule has 1 aliphatic heterocycles. The second kappa shape index (κ2) is 7.99. The zero-order chi connectivity index (χ0) is 20.3. The molecule has 2 aromatic carbocycles. The predicted molar refractivity (Wildman–Crippen MR) is 99.5 cm³/mol. The normalized spacial score (nSPS) is 12.8. The lowest BCUT2D eigenvalue weighted by atomic mass is 10.1. The van der Waals surface area contributed by atoms with Crippen molar-refractivity contribution in [2.75, 3.05) is 31.8 Å². The van der Waals surface area contributed by atoms with E-state index in [0.29, 0.717) is 17.2 Å². The number of aryl methyl sites for hydroxylation is 1. The van der Waals surface area contributed by atoms with E-state index in [9.17, 15) is 14.4 Å². The van der Waals surface area contributed by atoms with Crippen LogP contribution in [-0.2, 0) is 9.59 Å². The van der Waals surface area contributed by atoms with Gasteiger partial charge in [-0.3, -0.25) is 19.3 Å². The number of carbonyl (C=O) groups excluding carboxylic acids is 2. The third kappa shape index (κ3) is 4.06. The first kappa shape index (κ1) is 19.2. The SMILES string of the molecule is COc1cc(C)ccc1OCC(=O)c1ccc2c(c1)N(CC(=O)O)C(=O)CO2. The molecule has 0 bridgehead atoms. The number of carboxylic acid groups (broad SMARTS) is 1. The Bertz CT molecular complexity index is 938. The van der Waals surface area contributed by atoms with Crippen molar-refractivity contribution in [1.82, 2.24) is 0 Å². The molecule has 0 aliphatic carbocycles. The number of fused-ring (bicyclic) bond motifs is 1. The summed E-state index contributed by atoms with van der Waals surface area (Å²) in [5.41, 5.74) is 1.52. The summed E-state index contributed by atoms with van der Waals surface area (Å²) in [6.45, 7) is 0.913. The lowest BCUT2D eigenvalue weighted by Crippen LogP contribution is -2.42. The van der Waals surface area contributed by atoms with Crippen LogP contribution >= 0.6 is 0 Å². The topological polar surface area (TPSA) is 102 Å². The maximum atomic E-state index is 12.6. The van der Waals surface area contributed by atoms with Crippen LogP contribution in [0, 0.1) is 6.92 Å². The van der Waals surface area contributed by atoms with Gasteiger partial charge in [0.05, 0.1) is 12.8 Å². The van der Waals surface area contributed by atoms with E-state index in [-0.39, 0.29) is 30.2 Å². The van der Waals surface area contributed by atoms with Gasteiger partial charge < -0.3 is 19.3 Å². The van der Waals surface area contributed by atoms with E-state index < -0.39 is 18.4 Å². The number of ether oxygens (including phenoxy) is 3. The molecule has 0 saturated heterocycles. The Kier molecular flexibility index (Phi) is 5.49. The van der Waals surface area contributed by atoms with Crippen LogP contribution in [0.15, 0.2) is 36.4 Å². The number of carbonyl (C=O) groups is 3. The lowest BCUT2D eigenvalue weighted by Gasteiger charge is -2.28. The molecule has 0 atom stereocenters. The summed E-state index contributed by atoms with van der Waals surface area (Å²) in [7, 11) is 1.51. The van der Waals surface area contributed by atoms with E-state index in [2.05, 4.69) is 0 Å². The summed E-state index contributed by atoms with van der Waals surface area (Å²) in [4.78, 5) is 36.7. The van der Waals surface area contributed by atoms with E-state index in [4.69, 9.17) is 19.3 Å². The van der Waals surface area contributed by atoms with Gasteiger partial charge >= 0.3 is 5.97 Å². The van der Waals surface area contributed by atoms with Crippen LogP contribution in [-0.4, -0.2) is 49.6 Å². The van der Waals surface area contributed by atoms with Gasteiger partial charge in [0.25, 0.3) is 5.91 Å². The van der Waals surface area contributed by atoms with Crippen LogP contribution in [0.5, 0.6) is 17.2 Å². The highest BCUT2D eigenvalue weighted by Crippen LogP contribution is 2.33. The molecule has 146 valence electrons. The molecular formula is C20H19NO7. The van der Waals surface area contributed by atoms with Gasteiger partial charge in [-0.05, 0) is 42.8 Å². The zero-order valence-corrected chi connectivity index (χ0v) is 15.4. The molecular weight excluding hydrogens is 366 g/mol. The first-order valence-corrected chi connectivity index (χ1v) is 8.48. The van der Waals surface area contributed by atoms with E-state index in [1.54, 1.807) is 18.2 Å². The van der Waals surface area contributed by atoms with Gasteiger partial charge in [-0.1, -0.05) is 6.07 Å². The molecule has 0 aromatic heterocycles. The van der Waals surface area contributed by atoms with Crippen LogP contribution in [0.4, 0.5) is 5.69 Å². The maximum absolute atomic E-state index is 12.6. The lowest BCUT2D eigenvalue weighted by molar-refractivity contribution is -0.137. The summed E-state index contributed by atoms with van der Waals surface area (Å²) in [5.74, 6) is -0.680. The van der Waals surface area contributed by atoms with Crippen LogP contribution < -0.4 is 19.1 Å². The molecule has 1 heterocycles. The number of nitrogens with zero attached hydrogens (tertiary/aromatic N) is 1.